The fraction of sp³-hybridized carbons (Fsp3) is 1.00. The molecule has 1 aliphatic rings. The first kappa shape index (κ1) is 10.9. The van der Waals surface area contributed by atoms with E-state index in [4.69, 9.17) is 0 Å². The fourth-order valence-corrected chi connectivity index (χ4v) is 2.08. The lowest BCUT2D eigenvalue weighted by Crippen LogP contribution is -2.11. The molecule has 0 aromatic rings. The van der Waals surface area contributed by atoms with E-state index in [9.17, 15) is 8.78 Å². The zero-order chi connectivity index (χ0) is 9.84. The quantitative estimate of drug-likeness (QED) is 0.664. The molecule has 0 bridgehead atoms. The van der Waals surface area contributed by atoms with Crippen LogP contribution in [0.3, 0.4) is 0 Å². The van der Waals surface area contributed by atoms with Crippen molar-refractivity contribution in [1.29, 1.82) is 0 Å². The molecule has 1 unspecified atom stereocenters. The molecular formula is C10H18F2O. The van der Waals surface area contributed by atoms with Crippen molar-refractivity contribution in [3.05, 3.63) is 0 Å². The number of alkyl halides is 2. The summed E-state index contributed by atoms with van der Waals surface area (Å²) < 4.78 is 27.8. The van der Waals surface area contributed by atoms with Gasteiger partial charge in [0.25, 0.3) is 0 Å². The Morgan fingerprint density at radius 3 is 2.46 bits per heavy atom. The molecule has 0 heterocycles. The summed E-state index contributed by atoms with van der Waals surface area (Å²) >= 11 is 0. The molecule has 1 saturated carbocycles. The second kappa shape index (κ2) is 4.89. The summed E-state index contributed by atoms with van der Waals surface area (Å²) in [6.45, 7) is 2.03. The Balaban J connectivity index is 2.17. The Kier molecular flexibility index (Phi) is 4.10. The van der Waals surface area contributed by atoms with Gasteiger partial charge in [0.1, 0.15) is 0 Å². The molecule has 0 aromatic carbocycles. The molecular weight excluding hydrogens is 174 g/mol. The molecule has 0 saturated heterocycles. The van der Waals surface area contributed by atoms with Crippen LogP contribution in [0.25, 0.3) is 0 Å². The van der Waals surface area contributed by atoms with Crippen LogP contribution in [0.4, 0.5) is 8.78 Å². The van der Waals surface area contributed by atoms with Crippen LogP contribution in [0, 0.1) is 17.8 Å². The third kappa shape index (κ3) is 3.59. The van der Waals surface area contributed by atoms with Gasteiger partial charge in [0.05, 0.1) is 6.61 Å². The fourth-order valence-electron chi connectivity index (χ4n) is 2.08. The van der Waals surface area contributed by atoms with Gasteiger partial charge >= 0.3 is 6.61 Å². The van der Waals surface area contributed by atoms with E-state index >= 15 is 0 Å². The number of halogens is 2. The van der Waals surface area contributed by atoms with Gasteiger partial charge in [-0.3, -0.25) is 0 Å². The second-order valence-corrected chi connectivity index (χ2v) is 4.28. The number of hydrogen-bond acceptors (Lipinski definition) is 1. The SMILES string of the molecule is CC(C)[C@@H]1CCC(COC(F)F)C1. The lowest BCUT2D eigenvalue weighted by atomic mass is 9.93. The maximum absolute atomic E-state index is 11.7. The minimum Gasteiger partial charge on any atom is -0.323 e. The summed E-state index contributed by atoms with van der Waals surface area (Å²) in [6.07, 6.45) is 3.29. The summed E-state index contributed by atoms with van der Waals surface area (Å²) in [5.41, 5.74) is 0. The first-order valence-electron chi connectivity index (χ1n) is 4.99. The van der Waals surface area contributed by atoms with Gasteiger partial charge in [-0.2, -0.15) is 8.78 Å². The van der Waals surface area contributed by atoms with Gasteiger partial charge in [0.15, 0.2) is 0 Å². The van der Waals surface area contributed by atoms with E-state index in [0.29, 0.717) is 17.8 Å². The zero-order valence-electron chi connectivity index (χ0n) is 8.30. The minimum absolute atomic E-state index is 0.237. The first-order chi connectivity index (χ1) is 6.09. The van der Waals surface area contributed by atoms with E-state index in [2.05, 4.69) is 18.6 Å². The average Bonchev–Trinajstić information content (AvgIpc) is 2.48. The maximum atomic E-state index is 11.7. The monoisotopic (exact) mass is 192 g/mol. The van der Waals surface area contributed by atoms with Gasteiger partial charge in [0, 0.05) is 0 Å². The summed E-state index contributed by atoms with van der Waals surface area (Å²) in [5.74, 6) is 1.75. The third-order valence-corrected chi connectivity index (χ3v) is 2.98. The third-order valence-electron chi connectivity index (χ3n) is 2.98. The van der Waals surface area contributed by atoms with Crippen LogP contribution < -0.4 is 0 Å². The molecule has 1 aliphatic carbocycles. The van der Waals surface area contributed by atoms with E-state index < -0.39 is 6.61 Å². The van der Waals surface area contributed by atoms with Crippen molar-refractivity contribution in [2.45, 2.75) is 39.7 Å². The van der Waals surface area contributed by atoms with Crippen molar-refractivity contribution in [3.63, 3.8) is 0 Å². The molecule has 1 rings (SSSR count). The normalized spacial score (nSPS) is 29.1. The van der Waals surface area contributed by atoms with E-state index in [1.807, 2.05) is 0 Å². The first-order valence-corrected chi connectivity index (χ1v) is 4.99. The topological polar surface area (TPSA) is 9.23 Å². The van der Waals surface area contributed by atoms with E-state index in [1.165, 1.54) is 6.42 Å². The van der Waals surface area contributed by atoms with Gasteiger partial charge < -0.3 is 4.74 Å². The van der Waals surface area contributed by atoms with Crippen LogP contribution in [0.5, 0.6) is 0 Å². The highest BCUT2D eigenvalue weighted by Gasteiger charge is 2.27. The average molecular weight is 192 g/mol. The summed E-state index contributed by atoms with van der Waals surface area (Å²) in [6, 6.07) is 0. The Labute approximate surface area is 78.5 Å². The Hall–Kier alpha value is -0.180. The van der Waals surface area contributed by atoms with E-state index in [0.717, 1.165) is 12.8 Å². The van der Waals surface area contributed by atoms with Crippen LogP contribution in [0.1, 0.15) is 33.1 Å². The Morgan fingerprint density at radius 2 is 2.00 bits per heavy atom. The molecule has 13 heavy (non-hydrogen) atoms. The van der Waals surface area contributed by atoms with Crippen molar-refractivity contribution in [1.82, 2.24) is 0 Å². The highest BCUT2D eigenvalue weighted by Crippen LogP contribution is 2.35. The number of rotatable bonds is 4. The maximum Gasteiger partial charge on any atom is 0.345 e. The molecule has 0 N–H and O–H groups in total. The molecule has 0 aliphatic heterocycles. The van der Waals surface area contributed by atoms with Crippen LogP contribution in [0.15, 0.2) is 0 Å². The molecule has 78 valence electrons. The van der Waals surface area contributed by atoms with E-state index in [1.54, 1.807) is 0 Å². The molecule has 1 nitrogen and oxygen atoms in total. The molecule has 0 amide bonds. The van der Waals surface area contributed by atoms with Crippen molar-refractivity contribution in [2.24, 2.45) is 17.8 Å². The molecule has 0 radical (unpaired) electrons. The molecule has 3 heteroatoms. The van der Waals surface area contributed by atoms with Crippen molar-refractivity contribution in [2.75, 3.05) is 6.61 Å². The van der Waals surface area contributed by atoms with Crippen LogP contribution in [0.2, 0.25) is 0 Å². The summed E-state index contributed by atoms with van der Waals surface area (Å²) in [5, 5.41) is 0. The zero-order valence-corrected chi connectivity index (χ0v) is 8.30. The lowest BCUT2D eigenvalue weighted by Gasteiger charge is -2.14. The van der Waals surface area contributed by atoms with Gasteiger partial charge in [-0.25, -0.2) is 0 Å². The second-order valence-electron chi connectivity index (χ2n) is 4.28. The summed E-state index contributed by atoms with van der Waals surface area (Å²) in [7, 11) is 0. The number of hydrogen-bond donors (Lipinski definition) is 0. The molecule has 1 fully saturated rings. The van der Waals surface area contributed by atoms with Gasteiger partial charge in [-0.15, -0.1) is 0 Å². The highest BCUT2D eigenvalue weighted by atomic mass is 19.3. The summed E-state index contributed by atoms with van der Waals surface area (Å²) in [4.78, 5) is 0. The van der Waals surface area contributed by atoms with Gasteiger partial charge in [-0.1, -0.05) is 13.8 Å². The van der Waals surface area contributed by atoms with Crippen molar-refractivity contribution < 1.29 is 13.5 Å². The molecule has 2 atom stereocenters. The predicted molar refractivity (Wildman–Crippen MR) is 47.6 cm³/mol. The minimum atomic E-state index is -2.60. The van der Waals surface area contributed by atoms with Crippen LogP contribution in [-0.2, 0) is 4.74 Å². The largest absolute Gasteiger partial charge is 0.345 e. The van der Waals surface area contributed by atoms with Gasteiger partial charge in [0.2, 0.25) is 0 Å². The van der Waals surface area contributed by atoms with Crippen molar-refractivity contribution in [3.8, 4) is 0 Å². The predicted octanol–water partition coefficient (Wildman–Crippen LogP) is 3.30. The Morgan fingerprint density at radius 1 is 1.31 bits per heavy atom. The van der Waals surface area contributed by atoms with Crippen LogP contribution in [-0.4, -0.2) is 13.2 Å². The smallest absolute Gasteiger partial charge is 0.323 e. The van der Waals surface area contributed by atoms with Gasteiger partial charge in [-0.05, 0) is 37.0 Å². The van der Waals surface area contributed by atoms with Crippen molar-refractivity contribution >= 4 is 0 Å². The number of ether oxygens (including phenoxy) is 1. The lowest BCUT2D eigenvalue weighted by molar-refractivity contribution is -0.137. The highest BCUT2D eigenvalue weighted by molar-refractivity contribution is 4.77. The van der Waals surface area contributed by atoms with Crippen LogP contribution >= 0.6 is 0 Å². The molecule has 0 spiro atoms. The van der Waals surface area contributed by atoms with E-state index in [-0.39, 0.29) is 6.61 Å². The Bertz CT molecular complexity index is 148. The standard InChI is InChI=1S/C10H18F2O/c1-7(2)9-4-3-8(5-9)6-13-10(11)12/h7-10H,3-6H2,1-2H3/t8?,9-/m1/s1. The molecule has 0 aromatic heterocycles.